The second-order valence-corrected chi connectivity index (χ2v) is 7.86. The molecule has 0 saturated carbocycles. The van der Waals surface area contributed by atoms with Gasteiger partial charge in [0, 0.05) is 34.6 Å². The molecule has 0 fully saturated rings. The van der Waals surface area contributed by atoms with Crippen molar-refractivity contribution in [2.24, 2.45) is 0 Å². The first-order valence-corrected chi connectivity index (χ1v) is 10.7. The fraction of sp³-hybridized carbons (Fsp3) is 0.0800. The average Bonchev–Trinajstić information content (AvgIpc) is 2.84. The molecule has 4 aromatic rings. The Labute approximate surface area is 205 Å². The summed E-state index contributed by atoms with van der Waals surface area (Å²) in [7, 11) is 0. The van der Waals surface area contributed by atoms with Gasteiger partial charge < -0.3 is 10.6 Å². The van der Waals surface area contributed by atoms with Gasteiger partial charge in [0.15, 0.2) is 0 Å². The Kier molecular flexibility index (Phi) is 6.63. The number of amides is 1. The molecule has 0 atom stereocenters. The zero-order valence-corrected chi connectivity index (χ0v) is 19.3. The highest BCUT2D eigenvalue weighted by molar-refractivity contribution is 6.06. The van der Waals surface area contributed by atoms with Gasteiger partial charge in [-0.05, 0) is 32.0 Å². The van der Waals surface area contributed by atoms with Gasteiger partial charge in [0.1, 0.15) is 11.6 Å². The molecule has 3 aromatic carbocycles. The van der Waals surface area contributed by atoms with E-state index in [9.17, 15) is 25.0 Å². The maximum atomic E-state index is 12.9. The van der Waals surface area contributed by atoms with E-state index in [1.807, 2.05) is 30.3 Å². The summed E-state index contributed by atoms with van der Waals surface area (Å²) in [6.45, 7) is 3.16. The summed E-state index contributed by atoms with van der Waals surface area (Å²) >= 11 is 0. The summed E-state index contributed by atoms with van der Waals surface area (Å²) in [4.78, 5) is 42.8. The summed E-state index contributed by atoms with van der Waals surface area (Å²) in [5.74, 6) is 0.418. The third-order valence-corrected chi connectivity index (χ3v) is 5.32. The Morgan fingerprint density at radius 2 is 1.56 bits per heavy atom. The number of hydrogen-bond donors (Lipinski definition) is 2. The van der Waals surface area contributed by atoms with E-state index in [1.54, 1.807) is 37.3 Å². The second-order valence-electron chi connectivity index (χ2n) is 7.86. The van der Waals surface area contributed by atoms with Gasteiger partial charge in [0.2, 0.25) is 0 Å². The van der Waals surface area contributed by atoms with Gasteiger partial charge in [-0.3, -0.25) is 25.0 Å². The van der Waals surface area contributed by atoms with Crippen LogP contribution in [0.15, 0.2) is 72.8 Å². The summed E-state index contributed by atoms with van der Waals surface area (Å²) in [6.07, 6.45) is 0. The molecular weight excluding hydrogens is 464 g/mol. The van der Waals surface area contributed by atoms with E-state index in [0.717, 1.165) is 23.4 Å². The molecule has 0 radical (unpaired) electrons. The molecule has 1 amide bonds. The molecule has 0 aliphatic carbocycles. The summed E-state index contributed by atoms with van der Waals surface area (Å²) in [6, 6.07) is 20.1. The van der Waals surface area contributed by atoms with Gasteiger partial charge in [-0.2, -0.15) is 0 Å². The SMILES string of the molecule is Cc1nc(Nc2cccc(NC(=O)c3cc([N+](=O)[O-])cc([N+](=O)[O-])c3C)c2)cc(-c2ccccc2)n1. The van der Waals surface area contributed by atoms with Crippen molar-refractivity contribution in [3.63, 3.8) is 0 Å². The topological polar surface area (TPSA) is 153 Å². The Balaban J connectivity index is 1.59. The smallest absolute Gasteiger partial charge is 0.279 e. The molecule has 0 aliphatic rings. The van der Waals surface area contributed by atoms with Crippen molar-refractivity contribution >= 4 is 34.5 Å². The van der Waals surface area contributed by atoms with Crippen LogP contribution in [0.2, 0.25) is 0 Å². The largest absolute Gasteiger partial charge is 0.340 e. The first kappa shape index (κ1) is 24.0. The van der Waals surface area contributed by atoms with Crippen molar-refractivity contribution in [3.8, 4) is 11.3 Å². The summed E-state index contributed by atoms with van der Waals surface area (Å²) in [5, 5.41) is 28.4. The first-order valence-electron chi connectivity index (χ1n) is 10.7. The van der Waals surface area contributed by atoms with Crippen LogP contribution in [0.25, 0.3) is 11.3 Å². The van der Waals surface area contributed by atoms with Crippen molar-refractivity contribution in [1.29, 1.82) is 0 Å². The number of nitro benzene ring substituents is 2. The lowest BCUT2D eigenvalue weighted by atomic mass is 10.0. The quantitative estimate of drug-likeness (QED) is 0.255. The number of nitrogens with one attached hydrogen (secondary N) is 2. The number of rotatable bonds is 7. The highest BCUT2D eigenvalue weighted by Crippen LogP contribution is 2.29. The molecule has 0 spiro atoms. The number of aryl methyl sites for hydroxylation is 1. The molecule has 36 heavy (non-hydrogen) atoms. The van der Waals surface area contributed by atoms with Crippen molar-refractivity contribution in [2.75, 3.05) is 10.6 Å². The minimum atomic E-state index is -0.777. The number of anilines is 3. The van der Waals surface area contributed by atoms with E-state index in [0.29, 0.717) is 23.0 Å². The Morgan fingerprint density at radius 1 is 0.833 bits per heavy atom. The zero-order valence-electron chi connectivity index (χ0n) is 19.3. The molecule has 180 valence electrons. The van der Waals surface area contributed by atoms with Crippen LogP contribution >= 0.6 is 0 Å². The second kappa shape index (κ2) is 9.97. The van der Waals surface area contributed by atoms with Crippen molar-refractivity contribution in [2.45, 2.75) is 13.8 Å². The van der Waals surface area contributed by atoms with Gasteiger partial charge in [-0.15, -0.1) is 0 Å². The average molecular weight is 484 g/mol. The molecule has 1 aromatic heterocycles. The van der Waals surface area contributed by atoms with E-state index in [2.05, 4.69) is 20.6 Å². The fourth-order valence-corrected chi connectivity index (χ4v) is 3.62. The maximum absolute atomic E-state index is 12.9. The summed E-state index contributed by atoms with van der Waals surface area (Å²) < 4.78 is 0. The predicted molar refractivity (Wildman–Crippen MR) is 134 cm³/mol. The van der Waals surface area contributed by atoms with E-state index < -0.39 is 27.1 Å². The molecule has 0 unspecified atom stereocenters. The van der Waals surface area contributed by atoms with Crippen LogP contribution in [-0.4, -0.2) is 25.7 Å². The van der Waals surface area contributed by atoms with Crippen LogP contribution in [0.5, 0.6) is 0 Å². The number of non-ortho nitro benzene ring substituents is 1. The number of aromatic nitrogens is 2. The van der Waals surface area contributed by atoms with Crippen molar-refractivity contribution < 1.29 is 14.6 Å². The normalized spacial score (nSPS) is 10.5. The van der Waals surface area contributed by atoms with Crippen LogP contribution in [0.3, 0.4) is 0 Å². The minimum Gasteiger partial charge on any atom is -0.340 e. The lowest BCUT2D eigenvalue weighted by Crippen LogP contribution is -2.15. The lowest BCUT2D eigenvalue weighted by molar-refractivity contribution is -0.394. The number of benzene rings is 3. The van der Waals surface area contributed by atoms with E-state index in [-0.39, 0.29) is 11.1 Å². The monoisotopic (exact) mass is 484 g/mol. The number of hydrogen-bond acceptors (Lipinski definition) is 8. The molecule has 2 N–H and O–H groups in total. The number of carbonyl (C=O) groups is 1. The van der Waals surface area contributed by atoms with Gasteiger partial charge in [-0.25, -0.2) is 9.97 Å². The first-order chi connectivity index (χ1) is 17.2. The lowest BCUT2D eigenvalue weighted by Gasteiger charge is -2.12. The van der Waals surface area contributed by atoms with Crippen LogP contribution in [0.1, 0.15) is 21.7 Å². The van der Waals surface area contributed by atoms with Crippen LogP contribution < -0.4 is 10.6 Å². The van der Waals surface area contributed by atoms with Crippen molar-refractivity contribution in [3.05, 3.63) is 110 Å². The van der Waals surface area contributed by atoms with Gasteiger partial charge in [-0.1, -0.05) is 36.4 Å². The number of nitrogens with zero attached hydrogens (tertiary/aromatic N) is 4. The summed E-state index contributed by atoms with van der Waals surface area (Å²) in [5.41, 5.74) is 1.51. The van der Waals surface area contributed by atoms with Crippen LogP contribution in [0.4, 0.5) is 28.6 Å². The zero-order chi connectivity index (χ0) is 25.8. The molecule has 11 heteroatoms. The third kappa shape index (κ3) is 5.30. The van der Waals surface area contributed by atoms with Gasteiger partial charge >= 0.3 is 0 Å². The molecule has 0 bridgehead atoms. The standard InChI is InChI=1S/C25H20N6O5/c1-15-21(12-20(30(33)34)13-23(15)31(35)36)25(32)29-19-10-6-9-18(11-19)28-24-14-22(26-16(2)27-24)17-7-4-3-5-8-17/h3-14H,1-2H3,(H,29,32)(H,26,27,28). The van der Waals surface area contributed by atoms with E-state index >= 15 is 0 Å². The highest BCUT2D eigenvalue weighted by Gasteiger charge is 2.24. The molecule has 0 aliphatic heterocycles. The maximum Gasteiger partial charge on any atom is 0.279 e. The van der Waals surface area contributed by atoms with E-state index in [4.69, 9.17) is 0 Å². The Hall–Kier alpha value is -5.19. The molecule has 11 nitrogen and oxygen atoms in total. The third-order valence-electron chi connectivity index (χ3n) is 5.32. The number of nitro groups is 2. The van der Waals surface area contributed by atoms with Crippen LogP contribution in [0, 0.1) is 34.1 Å². The van der Waals surface area contributed by atoms with Crippen LogP contribution in [-0.2, 0) is 0 Å². The molecule has 1 heterocycles. The highest BCUT2D eigenvalue weighted by atomic mass is 16.6. The fourth-order valence-electron chi connectivity index (χ4n) is 3.62. The van der Waals surface area contributed by atoms with Gasteiger partial charge in [0.25, 0.3) is 17.3 Å². The predicted octanol–water partition coefficient (Wildman–Crippen LogP) is 5.57. The van der Waals surface area contributed by atoms with Crippen molar-refractivity contribution in [1.82, 2.24) is 9.97 Å². The van der Waals surface area contributed by atoms with E-state index in [1.165, 1.54) is 6.92 Å². The van der Waals surface area contributed by atoms with Gasteiger partial charge in [0.05, 0.1) is 27.2 Å². The molecule has 0 saturated heterocycles. The Bertz CT molecular complexity index is 1490. The Morgan fingerprint density at radius 3 is 2.25 bits per heavy atom. The molecular formula is C25H20N6O5. The minimum absolute atomic E-state index is 0.0299. The number of carbonyl (C=O) groups excluding carboxylic acids is 1. The molecule has 4 rings (SSSR count).